The van der Waals surface area contributed by atoms with Crippen LogP contribution in [-0.4, -0.2) is 30.2 Å². The molecule has 0 saturated carbocycles. The molecule has 0 unspecified atom stereocenters. The Hall–Kier alpha value is -4.00. The molecule has 2 heterocycles. The molecule has 160 valence electrons. The Labute approximate surface area is 184 Å². The number of fused-ring (bicyclic) bond motifs is 1. The number of carbonyl (C=O) groups excluding carboxylic acids is 4. The first-order valence-corrected chi connectivity index (χ1v) is 10.5. The Morgan fingerprint density at radius 2 is 1.50 bits per heavy atom. The lowest BCUT2D eigenvalue weighted by molar-refractivity contribution is -0.139. The van der Waals surface area contributed by atoms with Gasteiger partial charge in [-0.25, -0.2) is 0 Å². The van der Waals surface area contributed by atoms with Crippen molar-refractivity contribution in [2.75, 3.05) is 16.3 Å². The van der Waals surface area contributed by atoms with Crippen LogP contribution in [0.2, 0.25) is 0 Å². The van der Waals surface area contributed by atoms with E-state index in [1.165, 1.54) is 0 Å². The van der Waals surface area contributed by atoms with Gasteiger partial charge in [0.1, 0.15) is 5.75 Å². The van der Waals surface area contributed by atoms with Gasteiger partial charge in [0.05, 0.1) is 17.3 Å². The molecule has 2 aliphatic rings. The van der Waals surface area contributed by atoms with Gasteiger partial charge in [0.2, 0.25) is 17.7 Å². The number of amides is 3. The predicted octanol–water partition coefficient (Wildman–Crippen LogP) is 3.45. The smallest absolute Gasteiger partial charge is 0.316 e. The summed E-state index contributed by atoms with van der Waals surface area (Å²) in [4.78, 5) is 51.9. The van der Waals surface area contributed by atoms with Gasteiger partial charge in [-0.2, -0.15) is 0 Å². The minimum Gasteiger partial charge on any atom is -0.426 e. The molecule has 0 aromatic heterocycles. The lowest BCUT2D eigenvalue weighted by atomic mass is 10.1. The van der Waals surface area contributed by atoms with E-state index in [0.29, 0.717) is 11.4 Å². The summed E-state index contributed by atoms with van der Waals surface area (Å²) in [5.41, 5.74) is 1.24. The van der Waals surface area contributed by atoms with Gasteiger partial charge >= 0.3 is 5.97 Å². The number of benzene rings is 3. The third-order valence-electron chi connectivity index (χ3n) is 5.88. The number of anilines is 2. The number of hydrogen-bond donors (Lipinski definition) is 0. The Balaban J connectivity index is 1.29. The van der Waals surface area contributed by atoms with Gasteiger partial charge in [-0.05, 0) is 35.7 Å². The van der Waals surface area contributed by atoms with Crippen LogP contribution in [0.1, 0.15) is 19.3 Å². The Morgan fingerprint density at radius 3 is 2.25 bits per heavy atom. The van der Waals surface area contributed by atoms with Crippen molar-refractivity contribution < 1.29 is 23.9 Å². The van der Waals surface area contributed by atoms with Crippen molar-refractivity contribution >= 4 is 45.8 Å². The van der Waals surface area contributed by atoms with Crippen molar-refractivity contribution in [1.82, 2.24) is 0 Å². The second-order valence-electron chi connectivity index (χ2n) is 7.94. The molecule has 1 atom stereocenters. The van der Waals surface area contributed by atoms with Crippen LogP contribution >= 0.6 is 0 Å². The van der Waals surface area contributed by atoms with Gasteiger partial charge in [0.25, 0.3) is 0 Å². The highest BCUT2D eigenvalue weighted by Crippen LogP contribution is 2.32. The average Bonchev–Trinajstić information content (AvgIpc) is 3.35. The molecule has 0 aliphatic carbocycles. The topological polar surface area (TPSA) is 84.0 Å². The number of carbonyl (C=O) groups is 4. The van der Waals surface area contributed by atoms with E-state index in [0.717, 1.165) is 21.4 Å². The van der Waals surface area contributed by atoms with E-state index in [1.807, 2.05) is 42.5 Å². The lowest BCUT2D eigenvalue weighted by Gasteiger charge is -2.19. The summed E-state index contributed by atoms with van der Waals surface area (Å²) in [6.45, 7) is 0.251. The zero-order valence-corrected chi connectivity index (χ0v) is 17.2. The van der Waals surface area contributed by atoms with E-state index in [1.54, 1.807) is 29.2 Å². The summed E-state index contributed by atoms with van der Waals surface area (Å²) in [5.74, 6) is -1.36. The van der Waals surface area contributed by atoms with Crippen molar-refractivity contribution in [2.24, 2.45) is 5.92 Å². The molecule has 7 nitrogen and oxygen atoms in total. The maximum Gasteiger partial charge on any atom is 0.316 e. The molecule has 7 heteroatoms. The normalized spacial score (nSPS) is 18.6. The molecule has 2 aliphatic heterocycles. The summed E-state index contributed by atoms with van der Waals surface area (Å²) in [5, 5.41) is 1.98. The molecule has 3 aromatic carbocycles. The largest absolute Gasteiger partial charge is 0.426 e. The van der Waals surface area contributed by atoms with Crippen LogP contribution in [0.25, 0.3) is 10.8 Å². The Kier molecular flexibility index (Phi) is 4.93. The number of hydrogen-bond acceptors (Lipinski definition) is 5. The first-order chi connectivity index (χ1) is 15.5. The summed E-state index contributed by atoms with van der Waals surface area (Å²) in [6, 6.07) is 19.8. The lowest BCUT2D eigenvalue weighted by Crippen LogP contribution is -2.28. The zero-order valence-electron chi connectivity index (χ0n) is 17.2. The summed E-state index contributed by atoms with van der Waals surface area (Å²) >= 11 is 0. The monoisotopic (exact) mass is 428 g/mol. The molecule has 3 aromatic rings. The highest BCUT2D eigenvalue weighted by Gasteiger charge is 2.37. The van der Waals surface area contributed by atoms with Crippen LogP contribution in [-0.2, 0) is 19.2 Å². The zero-order chi connectivity index (χ0) is 22.2. The molecule has 0 spiro atoms. The number of nitrogens with zero attached hydrogens (tertiary/aromatic N) is 2. The van der Waals surface area contributed by atoms with Crippen LogP contribution in [0.15, 0.2) is 66.7 Å². The van der Waals surface area contributed by atoms with E-state index < -0.39 is 11.9 Å². The van der Waals surface area contributed by atoms with E-state index in [-0.39, 0.29) is 43.5 Å². The van der Waals surface area contributed by atoms with E-state index in [2.05, 4.69) is 0 Å². The summed E-state index contributed by atoms with van der Waals surface area (Å²) in [7, 11) is 0. The first-order valence-electron chi connectivity index (χ1n) is 10.5. The van der Waals surface area contributed by atoms with Gasteiger partial charge in [0.15, 0.2) is 0 Å². The predicted molar refractivity (Wildman–Crippen MR) is 118 cm³/mol. The van der Waals surface area contributed by atoms with Crippen LogP contribution in [0.5, 0.6) is 5.75 Å². The van der Waals surface area contributed by atoms with Crippen LogP contribution in [0.3, 0.4) is 0 Å². The quantitative estimate of drug-likeness (QED) is 0.361. The number of rotatable bonds is 4. The fourth-order valence-corrected chi connectivity index (χ4v) is 4.27. The van der Waals surface area contributed by atoms with E-state index in [4.69, 9.17) is 4.74 Å². The van der Waals surface area contributed by atoms with Crippen LogP contribution in [0.4, 0.5) is 11.4 Å². The fraction of sp³-hybridized carbons (Fsp3) is 0.200. The van der Waals surface area contributed by atoms with Gasteiger partial charge in [0, 0.05) is 31.2 Å². The van der Waals surface area contributed by atoms with Gasteiger partial charge in [-0.3, -0.25) is 24.1 Å². The first kappa shape index (κ1) is 19.9. The highest BCUT2D eigenvalue weighted by molar-refractivity contribution is 6.19. The number of ether oxygens (including phenoxy) is 1. The van der Waals surface area contributed by atoms with Gasteiger partial charge in [-0.15, -0.1) is 0 Å². The Bertz CT molecular complexity index is 1230. The fourth-order valence-electron chi connectivity index (χ4n) is 4.27. The van der Waals surface area contributed by atoms with Crippen molar-refractivity contribution in [1.29, 1.82) is 0 Å². The molecule has 2 fully saturated rings. The molecule has 2 saturated heterocycles. The maximum absolute atomic E-state index is 12.7. The van der Waals surface area contributed by atoms with Gasteiger partial charge in [-0.1, -0.05) is 36.4 Å². The molecular weight excluding hydrogens is 408 g/mol. The third-order valence-corrected chi connectivity index (χ3v) is 5.88. The van der Waals surface area contributed by atoms with Gasteiger partial charge < -0.3 is 9.64 Å². The number of esters is 1. The maximum atomic E-state index is 12.7. The third kappa shape index (κ3) is 3.51. The molecule has 32 heavy (non-hydrogen) atoms. The standard InChI is InChI=1S/C25H20N2O5/c28-22-12-13-23(29)27(22)18-8-10-19(11-9-18)32-25(31)17-14-24(30)26(15-17)21-7-3-5-16-4-1-2-6-20(16)21/h1-11,17H,12-15H2/t17-/m0/s1. The second-order valence-corrected chi connectivity index (χ2v) is 7.94. The minimum absolute atomic E-state index is 0.0803. The van der Waals surface area contributed by atoms with Crippen molar-refractivity contribution in [3.63, 3.8) is 0 Å². The van der Waals surface area contributed by atoms with Crippen molar-refractivity contribution in [2.45, 2.75) is 19.3 Å². The summed E-state index contributed by atoms with van der Waals surface area (Å²) < 4.78 is 5.48. The van der Waals surface area contributed by atoms with Crippen LogP contribution in [0, 0.1) is 5.92 Å². The minimum atomic E-state index is -0.581. The second kappa shape index (κ2) is 7.92. The average molecular weight is 428 g/mol. The highest BCUT2D eigenvalue weighted by atomic mass is 16.5. The number of imide groups is 1. The molecule has 3 amide bonds. The molecular formula is C25H20N2O5. The molecule has 5 rings (SSSR count). The van der Waals surface area contributed by atoms with Crippen LogP contribution < -0.4 is 14.5 Å². The van der Waals surface area contributed by atoms with Crippen molar-refractivity contribution in [3.05, 3.63) is 66.7 Å². The Morgan fingerprint density at radius 1 is 0.812 bits per heavy atom. The van der Waals surface area contributed by atoms with Crippen molar-refractivity contribution in [3.8, 4) is 5.75 Å². The summed E-state index contributed by atoms with van der Waals surface area (Å²) in [6.07, 6.45) is 0.494. The van der Waals surface area contributed by atoms with E-state index in [9.17, 15) is 19.2 Å². The molecule has 0 N–H and O–H groups in total. The SMILES string of the molecule is O=C(Oc1ccc(N2C(=O)CCC2=O)cc1)[C@H]1CC(=O)N(c2cccc3ccccc23)C1. The molecule has 0 bridgehead atoms. The molecule has 0 radical (unpaired) electrons. The van der Waals surface area contributed by atoms with E-state index >= 15 is 0 Å².